The van der Waals surface area contributed by atoms with Crippen LogP contribution in [0.25, 0.3) is 0 Å². The zero-order chi connectivity index (χ0) is 29.9. The van der Waals surface area contributed by atoms with Gasteiger partial charge in [0.1, 0.15) is 67.1 Å². The molecule has 1 saturated carbocycles. The molecule has 16 unspecified atom stereocenters. The van der Waals surface area contributed by atoms with Crippen LogP contribution in [0.3, 0.4) is 0 Å². The maximum atomic E-state index is 12.6. The molecule has 17 N–H and O–H groups in total. The number of carbonyl (C=O) groups is 1. The largest absolute Gasteiger partial charge is 0.394 e. The van der Waals surface area contributed by atoms with Crippen molar-refractivity contribution in [1.82, 2.24) is 5.32 Å². The molecular weight excluding hydrogens is 542 g/mol. The summed E-state index contributed by atoms with van der Waals surface area (Å²) in [4.78, 5) is 12.6. The predicted molar refractivity (Wildman–Crippen MR) is 131 cm³/mol. The molecule has 0 spiro atoms. The third kappa shape index (κ3) is 7.06. The number of carbonyl (C=O) groups excluding carboxylic acids is 1. The second kappa shape index (κ2) is 14.3. The fraction of sp³-hybridized carbons (Fsp3) is 0.955. The number of nitrogens with one attached hydrogen (secondary N) is 1. The highest BCUT2D eigenvalue weighted by Crippen LogP contribution is 2.32. The SMILES string of the molecule is NCCC(O)C(=O)NC1CC(N)C(OC2OC(CO)C(O)C(N)C2O)C(O)C1OC1OC(CN)C(O)C(O)C1O. The van der Waals surface area contributed by atoms with Crippen molar-refractivity contribution in [3.63, 3.8) is 0 Å². The molecule has 2 saturated heterocycles. The average Bonchev–Trinajstić information content (AvgIpc) is 2.92. The Kier molecular flexibility index (Phi) is 11.9. The van der Waals surface area contributed by atoms with Gasteiger partial charge in [0.15, 0.2) is 12.6 Å². The van der Waals surface area contributed by atoms with E-state index in [4.69, 9.17) is 41.9 Å². The first kappa shape index (κ1) is 33.3. The molecule has 0 aromatic heterocycles. The van der Waals surface area contributed by atoms with Gasteiger partial charge in [0.05, 0.1) is 18.7 Å². The molecule has 2 heterocycles. The van der Waals surface area contributed by atoms with E-state index in [1.165, 1.54) is 0 Å². The number of nitrogens with two attached hydrogens (primary N) is 4. The van der Waals surface area contributed by atoms with Gasteiger partial charge >= 0.3 is 0 Å². The Bertz CT molecular complexity index is 815. The molecule has 16 atom stereocenters. The number of hydrogen-bond acceptors (Lipinski definition) is 17. The lowest BCUT2D eigenvalue weighted by Gasteiger charge is -2.49. The Morgan fingerprint density at radius 3 is 2.05 bits per heavy atom. The van der Waals surface area contributed by atoms with Gasteiger partial charge < -0.3 is 88.1 Å². The lowest BCUT2D eigenvalue weighted by atomic mass is 9.83. The molecular formula is C22H43N5O13. The van der Waals surface area contributed by atoms with Crippen LogP contribution in [0.2, 0.25) is 0 Å². The van der Waals surface area contributed by atoms with E-state index in [-0.39, 0.29) is 25.9 Å². The first-order chi connectivity index (χ1) is 18.9. The van der Waals surface area contributed by atoms with E-state index in [0.717, 1.165) is 0 Å². The van der Waals surface area contributed by atoms with Gasteiger partial charge in [0.2, 0.25) is 5.91 Å². The Morgan fingerprint density at radius 2 is 1.45 bits per heavy atom. The van der Waals surface area contributed by atoms with Crippen molar-refractivity contribution < 1.29 is 64.6 Å². The average molecular weight is 586 g/mol. The first-order valence-corrected chi connectivity index (χ1v) is 13.1. The van der Waals surface area contributed by atoms with Crippen LogP contribution < -0.4 is 28.3 Å². The summed E-state index contributed by atoms with van der Waals surface area (Å²) in [7, 11) is 0. The van der Waals surface area contributed by atoms with Crippen LogP contribution in [0.4, 0.5) is 0 Å². The smallest absolute Gasteiger partial charge is 0.249 e. The predicted octanol–water partition coefficient (Wildman–Crippen LogP) is -8.42. The summed E-state index contributed by atoms with van der Waals surface area (Å²) in [6, 6.07) is -3.42. The molecule has 2 aliphatic heterocycles. The summed E-state index contributed by atoms with van der Waals surface area (Å²) in [6.45, 7) is -0.899. The summed E-state index contributed by atoms with van der Waals surface area (Å²) in [6.07, 6.45) is -19.9. The van der Waals surface area contributed by atoms with Gasteiger partial charge in [-0.25, -0.2) is 0 Å². The topological polar surface area (TPSA) is 332 Å². The molecule has 0 aromatic rings. The molecule has 3 rings (SSSR count). The van der Waals surface area contributed by atoms with Crippen molar-refractivity contribution >= 4 is 5.91 Å². The molecule has 18 nitrogen and oxygen atoms in total. The highest BCUT2D eigenvalue weighted by atomic mass is 16.7. The van der Waals surface area contributed by atoms with Crippen LogP contribution in [0.15, 0.2) is 0 Å². The number of rotatable bonds is 10. The number of aliphatic hydroxyl groups excluding tert-OH is 8. The standard InChI is InChI=1S/C22H43N5O13/c23-2-1-8(29)20(36)27-7-3-6(25)18(39-21-14(32)11(26)12(30)10(5-28)38-21)17(35)19(7)40-22-16(34)15(33)13(31)9(4-24)37-22/h6-19,21-22,28-35H,1-5,23-26H2,(H,27,36). The minimum atomic E-state index is -1.80. The lowest BCUT2D eigenvalue weighted by molar-refractivity contribution is -0.332. The van der Waals surface area contributed by atoms with Crippen LogP contribution in [-0.2, 0) is 23.7 Å². The highest BCUT2D eigenvalue weighted by molar-refractivity contribution is 5.80. The summed E-state index contributed by atoms with van der Waals surface area (Å²) >= 11 is 0. The van der Waals surface area contributed by atoms with Crippen LogP contribution in [0.5, 0.6) is 0 Å². The van der Waals surface area contributed by atoms with Gasteiger partial charge in [-0.3, -0.25) is 4.79 Å². The monoisotopic (exact) mass is 585 g/mol. The fourth-order valence-electron chi connectivity index (χ4n) is 5.07. The van der Waals surface area contributed by atoms with Crippen molar-refractivity contribution in [3.8, 4) is 0 Å². The molecule has 234 valence electrons. The van der Waals surface area contributed by atoms with E-state index < -0.39 is 110 Å². The Morgan fingerprint density at radius 1 is 0.850 bits per heavy atom. The molecule has 3 fully saturated rings. The van der Waals surface area contributed by atoms with Gasteiger partial charge in [0, 0.05) is 12.6 Å². The maximum absolute atomic E-state index is 12.6. The van der Waals surface area contributed by atoms with Gasteiger partial charge in [-0.1, -0.05) is 0 Å². The number of amides is 1. The van der Waals surface area contributed by atoms with Crippen molar-refractivity contribution in [2.45, 2.75) is 111 Å². The summed E-state index contributed by atoms with van der Waals surface area (Å²) in [5, 5.41) is 84.9. The van der Waals surface area contributed by atoms with E-state index in [9.17, 15) is 45.6 Å². The van der Waals surface area contributed by atoms with Crippen LogP contribution in [0.1, 0.15) is 12.8 Å². The third-order valence-electron chi connectivity index (χ3n) is 7.51. The van der Waals surface area contributed by atoms with Crippen molar-refractivity contribution in [3.05, 3.63) is 0 Å². The van der Waals surface area contributed by atoms with Crippen LogP contribution in [-0.4, -0.2) is 164 Å². The first-order valence-electron chi connectivity index (χ1n) is 13.1. The molecule has 1 aliphatic carbocycles. The zero-order valence-electron chi connectivity index (χ0n) is 21.7. The third-order valence-corrected chi connectivity index (χ3v) is 7.51. The van der Waals surface area contributed by atoms with E-state index in [1.807, 2.05) is 0 Å². The molecule has 0 radical (unpaired) electrons. The fourth-order valence-corrected chi connectivity index (χ4v) is 5.07. The summed E-state index contributed by atoms with van der Waals surface area (Å²) in [5.41, 5.74) is 23.1. The van der Waals surface area contributed by atoms with Gasteiger partial charge in [0.25, 0.3) is 0 Å². The Balaban J connectivity index is 1.85. The maximum Gasteiger partial charge on any atom is 0.249 e. The number of ether oxygens (including phenoxy) is 4. The van der Waals surface area contributed by atoms with Crippen molar-refractivity contribution in [2.75, 3.05) is 19.7 Å². The Labute approximate surface area is 229 Å². The van der Waals surface area contributed by atoms with E-state index in [2.05, 4.69) is 5.32 Å². The van der Waals surface area contributed by atoms with Gasteiger partial charge in [-0.05, 0) is 19.4 Å². The van der Waals surface area contributed by atoms with E-state index in [1.54, 1.807) is 0 Å². The lowest BCUT2D eigenvalue weighted by Crippen LogP contribution is -2.69. The number of hydrogen-bond donors (Lipinski definition) is 13. The quantitative estimate of drug-likeness (QED) is 0.113. The van der Waals surface area contributed by atoms with Gasteiger partial charge in [-0.15, -0.1) is 0 Å². The molecule has 0 bridgehead atoms. The second-order valence-corrected chi connectivity index (χ2v) is 10.3. The summed E-state index contributed by atoms with van der Waals surface area (Å²) in [5.74, 6) is -0.847. The Hall–Kier alpha value is -1.17. The minimum Gasteiger partial charge on any atom is -0.394 e. The van der Waals surface area contributed by atoms with Crippen molar-refractivity contribution in [2.24, 2.45) is 22.9 Å². The normalized spacial score (nSPS) is 47.0. The van der Waals surface area contributed by atoms with Crippen LogP contribution >= 0.6 is 0 Å². The van der Waals surface area contributed by atoms with E-state index in [0.29, 0.717) is 0 Å². The molecule has 0 aromatic carbocycles. The minimum absolute atomic E-state index is 0.00934. The number of aliphatic hydroxyl groups is 8. The molecule has 18 heteroatoms. The second-order valence-electron chi connectivity index (χ2n) is 10.3. The zero-order valence-corrected chi connectivity index (χ0v) is 21.7. The molecule has 3 aliphatic rings. The van der Waals surface area contributed by atoms with E-state index >= 15 is 0 Å². The van der Waals surface area contributed by atoms with Crippen LogP contribution in [0, 0.1) is 0 Å². The molecule has 40 heavy (non-hydrogen) atoms. The van der Waals surface area contributed by atoms with Crippen molar-refractivity contribution in [1.29, 1.82) is 0 Å². The highest BCUT2D eigenvalue weighted by Gasteiger charge is 2.52. The summed E-state index contributed by atoms with van der Waals surface area (Å²) < 4.78 is 22.5. The molecule has 1 amide bonds. The van der Waals surface area contributed by atoms with Gasteiger partial charge in [-0.2, -0.15) is 0 Å².